The van der Waals surface area contributed by atoms with Gasteiger partial charge >= 0.3 is 0 Å². The zero-order valence-electron chi connectivity index (χ0n) is 16.3. The van der Waals surface area contributed by atoms with Crippen LogP contribution in [0.25, 0.3) is 12.2 Å². The lowest BCUT2D eigenvalue weighted by atomic mass is 10.1. The van der Waals surface area contributed by atoms with Crippen molar-refractivity contribution in [3.8, 4) is 5.75 Å². The van der Waals surface area contributed by atoms with Crippen LogP contribution in [0, 0.1) is 0 Å². The number of carbonyl (C=O) groups excluding carboxylic acids is 1. The van der Waals surface area contributed by atoms with Crippen LogP contribution in [0.1, 0.15) is 28.4 Å². The molecule has 150 valence electrons. The molecule has 2 aromatic heterocycles. The molecule has 2 heterocycles. The fourth-order valence-electron chi connectivity index (χ4n) is 2.57. The number of hydrogen-bond acceptors (Lipinski definition) is 6. The Hall–Kier alpha value is -3.20. The van der Waals surface area contributed by atoms with Gasteiger partial charge in [-0.1, -0.05) is 12.2 Å². The lowest BCUT2D eigenvalue weighted by Gasteiger charge is -2.09. The van der Waals surface area contributed by atoms with Crippen molar-refractivity contribution < 1.29 is 9.53 Å². The molecule has 0 saturated heterocycles. The van der Waals surface area contributed by atoms with Crippen LogP contribution < -0.4 is 15.4 Å². The van der Waals surface area contributed by atoms with Gasteiger partial charge in [-0.2, -0.15) is 5.10 Å². The van der Waals surface area contributed by atoms with Crippen LogP contribution >= 0.6 is 15.9 Å². The summed E-state index contributed by atoms with van der Waals surface area (Å²) in [4.78, 5) is 20.6. The number of ether oxygens (including phenoxy) is 1. The Morgan fingerprint density at radius 2 is 2.00 bits per heavy atom. The maximum absolute atomic E-state index is 12.0. The molecule has 9 heteroatoms. The maximum atomic E-state index is 12.0. The minimum Gasteiger partial charge on any atom is -0.496 e. The average Bonchev–Trinajstić information content (AvgIpc) is 3.21. The topological polar surface area (TPSA) is 94.0 Å². The molecule has 0 aliphatic rings. The van der Waals surface area contributed by atoms with Crippen molar-refractivity contribution in [1.29, 1.82) is 0 Å². The summed E-state index contributed by atoms with van der Waals surface area (Å²) in [6, 6.07) is 3.47. The Balaban J connectivity index is 1.78. The van der Waals surface area contributed by atoms with Crippen molar-refractivity contribution in [3.63, 3.8) is 0 Å². The summed E-state index contributed by atoms with van der Waals surface area (Å²) in [7, 11) is 3.15. The zero-order valence-corrected chi connectivity index (χ0v) is 17.9. The van der Waals surface area contributed by atoms with Crippen LogP contribution in [-0.4, -0.2) is 39.8 Å². The molecule has 8 nitrogen and oxygen atoms in total. The first-order valence-corrected chi connectivity index (χ1v) is 9.72. The van der Waals surface area contributed by atoms with E-state index in [2.05, 4.69) is 41.6 Å². The van der Waals surface area contributed by atoms with E-state index in [0.29, 0.717) is 17.3 Å². The van der Waals surface area contributed by atoms with Crippen LogP contribution in [0.4, 0.5) is 11.6 Å². The fraction of sp³-hybridized carbons (Fsp3) is 0.200. The first kappa shape index (κ1) is 20.5. The van der Waals surface area contributed by atoms with Crippen LogP contribution in [0.2, 0.25) is 0 Å². The summed E-state index contributed by atoms with van der Waals surface area (Å²) in [5, 5.41) is 9.93. The molecular formula is C20H21BrN6O2. The van der Waals surface area contributed by atoms with Crippen molar-refractivity contribution in [2.45, 2.75) is 13.5 Å². The number of aromatic nitrogens is 4. The number of methoxy groups -OCH3 is 1. The van der Waals surface area contributed by atoms with E-state index in [0.717, 1.165) is 27.8 Å². The maximum Gasteiger partial charge on any atom is 0.251 e. The highest BCUT2D eigenvalue weighted by atomic mass is 79.9. The SMILES string of the molecule is CCn1cc(Nc2ncc(C=Cc3cc(C(=O)NC)cc(OC)c3Br)cn2)cn1. The van der Waals surface area contributed by atoms with Crippen LogP contribution in [-0.2, 0) is 6.54 Å². The molecule has 0 unspecified atom stereocenters. The van der Waals surface area contributed by atoms with Gasteiger partial charge in [0.1, 0.15) is 5.75 Å². The predicted molar refractivity (Wildman–Crippen MR) is 116 cm³/mol. The van der Waals surface area contributed by atoms with Crippen LogP contribution in [0.3, 0.4) is 0 Å². The van der Waals surface area contributed by atoms with Crippen LogP contribution in [0.15, 0.2) is 41.4 Å². The second-order valence-corrected chi connectivity index (χ2v) is 6.84. The Labute approximate surface area is 177 Å². The number of hydrogen-bond donors (Lipinski definition) is 2. The molecule has 1 amide bonds. The predicted octanol–water partition coefficient (Wildman–Crippen LogP) is 3.74. The zero-order chi connectivity index (χ0) is 20.8. The monoisotopic (exact) mass is 456 g/mol. The number of benzene rings is 1. The third kappa shape index (κ3) is 5.00. The molecule has 0 fully saturated rings. The number of nitrogens with zero attached hydrogens (tertiary/aromatic N) is 4. The minimum atomic E-state index is -0.185. The van der Waals surface area contributed by atoms with Gasteiger partial charge in [-0.15, -0.1) is 0 Å². The second-order valence-electron chi connectivity index (χ2n) is 6.04. The lowest BCUT2D eigenvalue weighted by molar-refractivity contribution is 0.0962. The fourth-order valence-corrected chi connectivity index (χ4v) is 3.09. The van der Waals surface area contributed by atoms with Crippen molar-refractivity contribution in [1.82, 2.24) is 25.1 Å². The van der Waals surface area contributed by atoms with E-state index < -0.39 is 0 Å². The highest BCUT2D eigenvalue weighted by Gasteiger charge is 2.12. The molecule has 29 heavy (non-hydrogen) atoms. The number of carbonyl (C=O) groups is 1. The third-order valence-electron chi connectivity index (χ3n) is 4.12. The molecule has 0 atom stereocenters. The van der Waals surface area contributed by atoms with Crippen molar-refractivity contribution in [2.24, 2.45) is 0 Å². The van der Waals surface area contributed by atoms with E-state index in [1.807, 2.05) is 30.0 Å². The number of amides is 1. The summed E-state index contributed by atoms with van der Waals surface area (Å²) < 4.78 is 7.93. The van der Waals surface area contributed by atoms with E-state index in [-0.39, 0.29) is 5.91 Å². The number of anilines is 2. The summed E-state index contributed by atoms with van der Waals surface area (Å²) in [5.74, 6) is 0.882. The first-order chi connectivity index (χ1) is 14.0. The molecule has 0 saturated carbocycles. The molecule has 0 aliphatic carbocycles. The van der Waals surface area contributed by atoms with Crippen LogP contribution in [0.5, 0.6) is 5.75 Å². The quantitative estimate of drug-likeness (QED) is 0.562. The third-order valence-corrected chi connectivity index (χ3v) is 4.97. The van der Waals surface area contributed by atoms with E-state index in [9.17, 15) is 4.79 Å². The summed E-state index contributed by atoms with van der Waals surface area (Å²) in [6.45, 7) is 2.82. The molecule has 0 bridgehead atoms. The van der Waals surface area contributed by atoms with Crippen molar-refractivity contribution >= 4 is 45.6 Å². The van der Waals surface area contributed by atoms with E-state index >= 15 is 0 Å². The smallest absolute Gasteiger partial charge is 0.251 e. The second kappa shape index (κ2) is 9.33. The number of aryl methyl sites for hydroxylation is 1. The average molecular weight is 457 g/mol. The Morgan fingerprint density at radius 1 is 1.24 bits per heavy atom. The van der Waals surface area contributed by atoms with Gasteiger partial charge in [0, 0.05) is 43.3 Å². The molecule has 0 spiro atoms. The molecular weight excluding hydrogens is 436 g/mol. The lowest BCUT2D eigenvalue weighted by Crippen LogP contribution is -2.18. The number of halogens is 1. The summed E-state index contributed by atoms with van der Waals surface area (Å²) >= 11 is 3.52. The molecule has 1 aromatic carbocycles. The Bertz CT molecular complexity index is 1030. The van der Waals surface area contributed by atoms with Gasteiger partial charge in [0.05, 0.1) is 23.5 Å². The van der Waals surface area contributed by atoms with Gasteiger partial charge in [0.2, 0.25) is 5.95 Å². The highest BCUT2D eigenvalue weighted by Crippen LogP contribution is 2.31. The molecule has 2 N–H and O–H groups in total. The molecule has 0 aliphatic heterocycles. The molecule has 0 radical (unpaired) electrons. The largest absolute Gasteiger partial charge is 0.496 e. The molecule has 3 aromatic rings. The minimum absolute atomic E-state index is 0.185. The molecule has 3 rings (SSSR count). The van der Waals surface area contributed by atoms with Crippen molar-refractivity contribution in [2.75, 3.05) is 19.5 Å². The number of nitrogens with one attached hydrogen (secondary N) is 2. The van der Waals surface area contributed by atoms with Gasteiger partial charge in [0.15, 0.2) is 0 Å². The van der Waals surface area contributed by atoms with E-state index in [1.165, 1.54) is 0 Å². The van der Waals surface area contributed by atoms with Gasteiger partial charge < -0.3 is 15.4 Å². The standard InChI is InChI=1S/C20H21BrN6O2/c1-4-27-12-16(11-25-27)26-20-23-9-13(10-24-20)5-6-14-7-15(19(28)22-2)8-17(29-3)18(14)21/h5-12H,4H2,1-3H3,(H,22,28)(H,23,24,26). The van der Waals surface area contributed by atoms with E-state index in [1.54, 1.807) is 44.9 Å². The number of rotatable bonds is 7. The van der Waals surface area contributed by atoms with Gasteiger partial charge in [0.25, 0.3) is 5.91 Å². The van der Waals surface area contributed by atoms with Gasteiger partial charge in [-0.3, -0.25) is 9.48 Å². The highest BCUT2D eigenvalue weighted by molar-refractivity contribution is 9.10. The van der Waals surface area contributed by atoms with E-state index in [4.69, 9.17) is 4.74 Å². The van der Waals surface area contributed by atoms with Gasteiger partial charge in [-0.25, -0.2) is 9.97 Å². The summed E-state index contributed by atoms with van der Waals surface area (Å²) in [5.41, 5.74) is 2.96. The normalized spacial score (nSPS) is 10.9. The van der Waals surface area contributed by atoms with Gasteiger partial charge in [-0.05, 0) is 40.5 Å². The Kier molecular flexibility index (Phi) is 6.61. The summed E-state index contributed by atoms with van der Waals surface area (Å²) in [6.07, 6.45) is 10.8. The first-order valence-electron chi connectivity index (χ1n) is 8.93. The van der Waals surface area contributed by atoms with Crippen molar-refractivity contribution in [3.05, 3.63) is 58.1 Å². The Morgan fingerprint density at radius 3 is 2.62 bits per heavy atom.